The predicted octanol–water partition coefficient (Wildman–Crippen LogP) is 3.48. The molecule has 0 radical (unpaired) electrons. The number of hydrogen-bond acceptors (Lipinski definition) is 7. The third kappa shape index (κ3) is 4.90. The van der Waals surface area contributed by atoms with Gasteiger partial charge in [0.25, 0.3) is 0 Å². The van der Waals surface area contributed by atoms with Crippen LogP contribution in [-0.2, 0) is 13.1 Å². The fraction of sp³-hybridized carbons (Fsp3) is 0.458. The standard InChI is InChI=1S/C24H24ClF5N8/c25-16-1-2-20-15(7-16)10-37(18-11-34(12-18)14-24(28,29)30)13-21-32-33-23(38(20)21)36-5-3-35(4-6-36)22-19(27)8-17(26)9-31-22/h1-2,7-9,18H,3-6,10-14H2. The number of benzene rings is 1. The summed E-state index contributed by atoms with van der Waals surface area (Å²) in [6.07, 6.45) is -3.22. The summed E-state index contributed by atoms with van der Waals surface area (Å²) in [6.45, 7) is 2.61. The lowest BCUT2D eigenvalue weighted by Gasteiger charge is -2.45. The first-order valence-electron chi connectivity index (χ1n) is 12.2. The molecule has 8 nitrogen and oxygen atoms in total. The third-order valence-electron chi connectivity index (χ3n) is 7.22. The molecule has 6 rings (SSSR count). The van der Waals surface area contributed by atoms with E-state index in [2.05, 4.69) is 25.0 Å². The van der Waals surface area contributed by atoms with Crippen LogP contribution in [0.3, 0.4) is 0 Å². The van der Waals surface area contributed by atoms with E-state index in [-0.39, 0.29) is 11.9 Å². The Hall–Kier alpha value is -3.03. The second-order valence-electron chi connectivity index (χ2n) is 9.83. The summed E-state index contributed by atoms with van der Waals surface area (Å²) in [4.78, 5) is 11.3. The van der Waals surface area contributed by atoms with E-state index in [0.29, 0.717) is 69.2 Å². The highest BCUT2D eigenvalue weighted by atomic mass is 35.5. The van der Waals surface area contributed by atoms with Crippen LogP contribution in [0.15, 0.2) is 30.5 Å². The Morgan fingerprint density at radius 1 is 0.947 bits per heavy atom. The summed E-state index contributed by atoms with van der Waals surface area (Å²) in [5.74, 6) is 0.0000474. The molecule has 3 aromatic rings. The maximum atomic E-state index is 14.3. The van der Waals surface area contributed by atoms with Gasteiger partial charge in [-0.15, -0.1) is 10.2 Å². The number of alkyl halides is 3. The largest absolute Gasteiger partial charge is 0.401 e. The Morgan fingerprint density at radius 2 is 1.68 bits per heavy atom. The Labute approximate surface area is 220 Å². The van der Waals surface area contributed by atoms with Crippen molar-refractivity contribution in [1.82, 2.24) is 29.5 Å². The molecule has 38 heavy (non-hydrogen) atoms. The molecular weight excluding hydrogens is 531 g/mol. The first kappa shape index (κ1) is 25.3. The monoisotopic (exact) mass is 554 g/mol. The van der Waals surface area contributed by atoms with Gasteiger partial charge in [-0.3, -0.25) is 14.4 Å². The molecule has 3 aliphatic heterocycles. The van der Waals surface area contributed by atoms with Gasteiger partial charge in [-0.2, -0.15) is 13.2 Å². The maximum absolute atomic E-state index is 14.3. The van der Waals surface area contributed by atoms with Crippen molar-refractivity contribution in [2.24, 2.45) is 0 Å². The number of likely N-dealkylation sites (tertiary alicyclic amines) is 1. The van der Waals surface area contributed by atoms with Gasteiger partial charge < -0.3 is 9.80 Å². The highest BCUT2D eigenvalue weighted by Gasteiger charge is 2.40. The zero-order chi connectivity index (χ0) is 26.6. The summed E-state index contributed by atoms with van der Waals surface area (Å²) in [5.41, 5.74) is 1.80. The predicted molar refractivity (Wildman–Crippen MR) is 130 cm³/mol. The number of hydrogen-bond donors (Lipinski definition) is 0. The van der Waals surface area contributed by atoms with Gasteiger partial charge in [0.2, 0.25) is 5.95 Å². The first-order valence-corrected chi connectivity index (χ1v) is 12.6. The smallest absolute Gasteiger partial charge is 0.351 e. The maximum Gasteiger partial charge on any atom is 0.401 e. The van der Waals surface area contributed by atoms with Crippen molar-refractivity contribution in [1.29, 1.82) is 0 Å². The van der Waals surface area contributed by atoms with E-state index in [9.17, 15) is 22.0 Å². The molecule has 2 fully saturated rings. The van der Waals surface area contributed by atoms with E-state index in [0.717, 1.165) is 23.5 Å². The molecule has 0 unspecified atom stereocenters. The van der Waals surface area contributed by atoms with Gasteiger partial charge in [0, 0.05) is 62.9 Å². The van der Waals surface area contributed by atoms with Gasteiger partial charge in [-0.1, -0.05) is 11.6 Å². The van der Waals surface area contributed by atoms with Gasteiger partial charge in [-0.05, 0) is 23.8 Å². The van der Waals surface area contributed by atoms with Gasteiger partial charge >= 0.3 is 6.18 Å². The third-order valence-corrected chi connectivity index (χ3v) is 7.46. The molecule has 2 aromatic heterocycles. The number of halogens is 6. The van der Waals surface area contributed by atoms with Crippen LogP contribution in [0, 0.1) is 11.6 Å². The van der Waals surface area contributed by atoms with E-state index in [1.807, 2.05) is 16.7 Å². The topological polar surface area (TPSA) is 56.6 Å². The van der Waals surface area contributed by atoms with Crippen LogP contribution in [0.25, 0.3) is 5.69 Å². The molecule has 202 valence electrons. The van der Waals surface area contributed by atoms with Crippen molar-refractivity contribution in [3.63, 3.8) is 0 Å². The Balaban J connectivity index is 1.23. The molecule has 0 spiro atoms. The molecule has 14 heteroatoms. The van der Waals surface area contributed by atoms with Crippen molar-refractivity contribution in [2.75, 3.05) is 55.6 Å². The van der Waals surface area contributed by atoms with E-state index < -0.39 is 24.4 Å². The SMILES string of the molecule is Fc1cnc(N2CCN(c3nnc4n3-c3ccc(Cl)cc3CN(C3CN(CC(F)(F)F)C3)C4)CC2)c(F)c1. The van der Waals surface area contributed by atoms with Crippen LogP contribution in [0.2, 0.25) is 5.02 Å². The average Bonchev–Trinajstić information content (AvgIpc) is 3.17. The Bertz CT molecular complexity index is 1330. The zero-order valence-electron chi connectivity index (χ0n) is 20.2. The molecule has 0 saturated carbocycles. The second-order valence-corrected chi connectivity index (χ2v) is 10.3. The van der Waals surface area contributed by atoms with E-state index in [1.54, 1.807) is 11.0 Å². The van der Waals surface area contributed by atoms with E-state index in [4.69, 9.17) is 11.6 Å². The van der Waals surface area contributed by atoms with Gasteiger partial charge in [0.05, 0.1) is 25.0 Å². The summed E-state index contributed by atoms with van der Waals surface area (Å²) in [7, 11) is 0. The normalized spacial score (nSPS) is 19.2. The number of nitrogens with zero attached hydrogens (tertiary/aromatic N) is 8. The van der Waals surface area contributed by atoms with Crippen LogP contribution in [-0.4, -0.2) is 87.6 Å². The van der Waals surface area contributed by atoms with Crippen molar-refractivity contribution in [2.45, 2.75) is 25.3 Å². The lowest BCUT2D eigenvalue weighted by Crippen LogP contribution is -2.60. The van der Waals surface area contributed by atoms with Crippen LogP contribution in [0.5, 0.6) is 0 Å². The number of fused-ring (bicyclic) bond motifs is 3. The summed E-state index contributed by atoms with van der Waals surface area (Å²) in [6, 6.07) is 6.35. The Morgan fingerprint density at radius 3 is 2.39 bits per heavy atom. The Kier molecular flexibility index (Phi) is 6.39. The molecule has 5 heterocycles. The summed E-state index contributed by atoms with van der Waals surface area (Å²) in [5, 5.41) is 9.50. The van der Waals surface area contributed by atoms with E-state index in [1.165, 1.54) is 4.90 Å². The summed E-state index contributed by atoms with van der Waals surface area (Å²) >= 11 is 6.32. The summed E-state index contributed by atoms with van der Waals surface area (Å²) < 4.78 is 67.9. The quantitative estimate of drug-likeness (QED) is 0.458. The fourth-order valence-corrected chi connectivity index (χ4v) is 5.58. The lowest BCUT2D eigenvalue weighted by atomic mass is 10.1. The zero-order valence-corrected chi connectivity index (χ0v) is 20.9. The van der Waals surface area contributed by atoms with Gasteiger partial charge in [0.1, 0.15) is 5.82 Å². The van der Waals surface area contributed by atoms with Crippen molar-refractivity contribution in [3.05, 3.63) is 58.5 Å². The molecule has 2 saturated heterocycles. The molecule has 0 atom stereocenters. The molecule has 3 aliphatic rings. The average molecular weight is 555 g/mol. The van der Waals surface area contributed by atoms with Crippen LogP contribution < -0.4 is 9.80 Å². The molecule has 0 amide bonds. The van der Waals surface area contributed by atoms with E-state index >= 15 is 0 Å². The van der Waals surface area contributed by atoms with Crippen molar-refractivity contribution < 1.29 is 22.0 Å². The van der Waals surface area contributed by atoms with Crippen LogP contribution >= 0.6 is 11.6 Å². The number of aromatic nitrogens is 4. The highest BCUT2D eigenvalue weighted by Crippen LogP contribution is 2.33. The molecule has 1 aromatic carbocycles. The van der Waals surface area contributed by atoms with Crippen molar-refractivity contribution in [3.8, 4) is 5.69 Å². The lowest BCUT2D eigenvalue weighted by molar-refractivity contribution is -0.161. The second kappa shape index (κ2) is 9.62. The minimum absolute atomic E-state index is 0.0440. The van der Waals surface area contributed by atoms with Crippen molar-refractivity contribution >= 4 is 23.4 Å². The fourth-order valence-electron chi connectivity index (χ4n) is 5.39. The van der Waals surface area contributed by atoms with Gasteiger partial charge in [-0.25, -0.2) is 13.8 Å². The molecule has 0 aliphatic carbocycles. The minimum atomic E-state index is -4.22. The van der Waals surface area contributed by atoms with Crippen LogP contribution in [0.4, 0.5) is 33.7 Å². The number of piperazine rings is 1. The molecule has 0 N–H and O–H groups in total. The molecular formula is C24H24ClF5N8. The first-order chi connectivity index (χ1) is 18.1. The number of rotatable bonds is 4. The van der Waals surface area contributed by atoms with Gasteiger partial charge in [0.15, 0.2) is 17.5 Å². The molecule has 0 bridgehead atoms. The number of anilines is 2. The number of pyridine rings is 1. The highest BCUT2D eigenvalue weighted by molar-refractivity contribution is 6.30. The van der Waals surface area contributed by atoms with Crippen LogP contribution in [0.1, 0.15) is 11.4 Å². The minimum Gasteiger partial charge on any atom is -0.351 e.